The van der Waals surface area contributed by atoms with Crippen LogP contribution in [0.15, 0.2) is 18.2 Å². The molecule has 0 saturated carbocycles. The zero-order chi connectivity index (χ0) is 15.6. The van der Waals surface area contributed by atoms with Crippen molar-refractivity contribution < 1.29 is 13.2 Å². The van der Waals surface area contributed by atoms with Gasteiger partial charge in [-0.2, -0.15) is 17.9 Å². The molecule has 5 nitrogen and oxygen atoms in total. The molecular weight excluding hydrogens is 307 g/mol. The van der Waals surface area contributed by atoms with Crippen LogP contribution in [0.1, 0.15) is 31.3 Å². The van der Waals surface area contributed by atoms with E-state index in [1.807, 2.05) is 6.92 Å². The van der Waals surface area contributed by atoms with Crippen LogP contribution < -0.4 is 5.32 Å². The number of nitrogens with one attached hydrogen (secondary N) is 1. The van der Waals surface area contributed by atoms with Gasteiger partial charge >= 0.3 is 6.18 Å². The molecule has 0 aliphatic heterocycles. The first kappa shape index (κ1) is 15.7. The van der Waals surface area contributed by atoms with Crippen LogP contribution >= 0.6 is 11.6 Å². The van der Waals surface area contributed by atoms with Crippen molar-refractivity contribution in [2.24, 2.45) is 0 Å². The van der Waals surface area contributed by atoms with E-state index in [9.17, 15) is 13.2 Å². The standard InChI is InChI=1S/C12H13ClF3N5/c1-3-17-7(2)11-18-19-20-21(11)10-8(12(14,15)16)5-4-6-9(10)13/h4-7,17H,3H2,1-2H3. The molecule has 2 aromatic rings. The maximum Gasteiger partial charge on any atom is 0.418 e. The fourth-order valence-corrected chi connectivity index (χ4v) is 2.23. The van der Waals surface area contributed by atoms with Crippen molar-refractivity contribution in [3.05, 3.63) is 34.6 Å². The van der Waals surface area contributed by atoms with Crippen LogP contribution in [0.25, 0.3) is 5.69 Å². The number of aromatic nitrogens is 4. The summed E-state index contributed by atoms with van der Waals surface area (Å²) in [4.78, 5) is 0. The average molecular weight is 320 g/mol. The minimum Gasteiger partial charge on any atom is -0.308 e. The van der Waals surface area contributed by atoms with E-state index in [0.717, 1.165) is 10.7 Å². The van der Waals surface area contributed by atoms with E-state index in [2.05, 4.69) is 20.8 Å². The number of hydrogen-bond acceptors (Lipinski definition) is 4. The molecule has 1 N–H and O–H groups in total. The van der Waals surface area contributed by atoms with E-state index in [-0.39, 0.29) is 22.6 Å². The Morgan fingerprint density at radius 3 is 2.71 bits per heavy atom. The zero-order valence-corrected chi connectivity index (χ0v) is 12.1. The molecule has 1 aromatic carbocycles. The van der Waals surface area contributed by atoms with Gasteiger partial charge in [-0.3, -0.25) is 0 Å². The number of halogens is 4. The molecule has 1 unspecified atom stereocenters. The molecule has 1 atom stereocenters. The van der Waals surface area contributed by atoms with Crippen LogP contribution in [-0.2, 0) is 6.18 Å². The molecule has 114 valence electrons. The number of benzene rings is 1. The second-order valence-electron chi connectivity index (χ2n) is 4.36. The number of para-hydroxylation sites is 1. The third-order valence-corrected chi connectivity index (χ3v) is 3.20. The topological polar surface area (TPSA) is 55.6 Å². The largest absolute Gasteiger partial charge is 0.418 e. The number of alkyl halides is 3. The molecule has 1 aromatic heterocycles. The third kappa shape index (κ3) is 3.16. The lowest BCUT2D eigenvalue weighted by molar-refractivity contribution is -0.137. The first-order chi connectivity index (χ1) is 9.86. The van der Waals surface area contributed by atoms with Crippen molar-refractivity contribution in [3.63, 3.8) is 0 Å². The lowest BCUT2D eigenvalue weighted by Gasteiger charge is -2.17. The maximum atomic E-state index is 13.1. The van der Waals surface area contributed by atoms with Gasteiger partial charge in [0.25, 0.3) is 0 Å². The molecule has 0 bridgehead atoms. The summed E-state index contributed by atoms with van der Waals surface area (Å²) in [7, 11) is 0. The summed E-state index contributed by atoms with van der Waals surface area (Å²) in [6, 6.07) is 3.24. The number of hydrogen-bond donors (Lipinski definition) is 1. The Morgan fingerprint density at radius 1 is 1.38 bits per heavy atom. The van der Waals surface area contributed by atoms with Crippen LogP contribution in [0.2, 0.25) is 5.02 Å². The molecule has 0 fully saturated rings. The van der Waals surface area contributed by atoms with Gasteiger partial charge in [0.15, 0.2) is 5.82 Å². The van der Waals surface area contributed by atoms with Gasteiger partial charge in [-0.15, -0.1) is 5.10 Å². The predicted octanol–water partition coefficient (Wildman–Crippen LogP) is 3.01. The molecular formula is C12H13ClF3N5. The lowest BCUT2D eigenvalue weighted by Crippen LogP contribution is -2.23. The Morgan fingerprint density at radius 2 is 2.10 bits per heavy atom. The fourth-order valence-electron chi connectivity index (χ4n) is 1.98. The second-order valence-corrected chi connectivity index (χ2v) is 4.77. The first-order valence-corrected chi connectivity index (χ1v) is 6.61. The molecule has 0 saturated heterocycles. The lowest BCUT2D eigenvalue weighted by atomic mass is 10.1. The molecule has 1 heterocycles. The predicted molar refractivity (Wildman–Crippen MR) is 71.3 cm³/mol. The quantitative estimate of drug-likeness (QED) is 0.941. The number of nitrogens with zero attached hydrogens (tertiary/aromatic N) is 4. The molecule has 9 heteroatoms. The van der Waals surface area contributed by atoms with Gasteiger partial charge in [0, 0.05) is 0 Å². The van der Waals surface area contributed by atoms with Gasteiger partial charge in [0.05, 0.1) is 22.3 Å². The van der Waals surface area contributed by atoms with Crippen molar-refractivity contribution in [2.75, 3.05) is 6.54 Å². The number of rotatable bonds is 4. The van der Waals surface area contributed by atoms with Gasteiger partial charge in [-0.25, -0.2) is 0 Å². The Hall–Kier alpha value is -1.67. The molecule has 0 aliphatic carbocycles. The van der Waals surface area contributed by atoms with E-state index in [1.165, 1.54) is 12.1 Å². The molecule has 0 aliphatic rings. The van der Waals surface area contributed by atoms with E-state index >= 15 is 0 Å². The molecule has 2 rings (SSSR count). The highest BCUT2D eigenvalue weighted by Crippen LogP contribution is 2.37. The maximum absolute atomic E-state index is 13.1. The minimum absolute atomic E-state index is 0.0675. The van der Waals surface area contributed by atoms with Crippen LogP contribution in [0.3, 0.4) is 0 Å². The van der Waals surface area contributed by atoms with Gasteiger partial charge in [0.1, 0.15) is 0 Å². The Kier molecular flexibility index (Phi) is 4.48. The summed E-state index contributed by atoms with van der Waals surface area (Å²) < 4.78 is 40.5. The zero-order valence-electron chi connectivity index (χ0n) is 11.3. The van der Waals surface area contributed by atoms with Gasteiger partial charge in [-0.05, 0) is 36.0 Å². The summed E-state index contributed by atoms with van der Waals surface area (Å²) in [5, 5.41) is 13.9. The fraction of sp³-hybridized carbons (Fsp3) is 0.417. The Balaban J connectivity index is 2.61. The Labute approximate surface area is 124 Å². The summed E-state index contributed by atoms with van der Waals surface area (Å²) in [6.07, 6.45) is -4.55. The van der Waals surface area contributed by atoms with Crippen molar-refractivity contribution in [1.29, 1.82) is 0 Å². The van der Waals surface area contributed by atoms with Crippen LogP contribution in [0.4, 0.5) is 13.2 Å². The Bertz CT molecular complexity index is 626. The van der Waals surface area contributed by atoms with E-state index in [1.54, 1.807) is 6.92 Å². The SMILES string of the molecule is CCNC(C)c1nnnn1-c1c(Cl)cccc1C(F)(F)F. The van der Waals surface area contributed by atoms with Crippen molar-refractivity contribution in [2.45, 2.75) is 26.1 Å². The first-order valence-electron chi connectivity index (χ1n) is 6.24. The average Bonchev–Trinajstić information content (AvgIpc) is 2.86. The smallest absolute Gasteiger partial charge is 0.308 e. The van der Waals surface area contributed by atoms with E-state index < -0.39 is 11.7 Å². The summed E-state index contributed by atoms with van der Waals surface area (Å²) in [5.41, 5.74) is -1.15. The summed E-state index contributed by atoms with van der Waals surface area (Å²) in [6.45, 7) is 4.26. The van der Waals surface area contributed by atoms with Crippen LogP contribution in [0.5, 0.6) is 0 Å². The highest BCUT2D eigenvalue weighted by molar-refractivity contribution is 6.32. The highest BCUT2D eigenvalue weighted by atomic mass is 35.5. The highest BCUT2D eigenvalue weighted by Gasteiger charge is 2.36. The third-order valence-electron chi connectivity index (χ3n) is 2.90. The molecule has 0 amide bonds. The monoisotopic (exact) mass is 319 g/mol. The summed E-state index contributed by atoms with van der Waals surface area (Å²) >= 11 is 5.94. The summed E-state index contributed by atoms with van der Waals surface area (Å²) in [5.74, 6) is 0.260. The van der Waals surface area contributed by atoms with Crippen LogP contribution in [-0.4, -0.2) is 26.8 Å². The molecule has 0 radical (unpaired) electrons. The molecule has 21 heavy (non-hydrogen) atoms. The van der Waals surface area contributed by atoms with Gasteiger partial charge < -0.3 is 5.32 Å². The molecule has 0 spiro atoms. The second kappa shape index (κ2) is 5.98. The van der Waals surface area contributed by atoms with E-state index in [4.69, 9.17) is 11.6 Å². The normalized spacial score (nSPS) is 13.4. The van der Waals surface area contributed by atoms with Crippen molar-refractivity contribution >= 4 is 11.6 Å². The van der Waals surface area contributed by atoms with Crippen molar-refractivity contribution in [1.82, 2.24) is 25.5 Å². The van der Waals surface area contributed by atoms with Gasteiger partial charge in [0.2, 0.25) is 0 Å². The van der Waals surface area contributed by atoms with Crippen LogP contribution in [0, 0.1) is 0 Å². The minimum atomic E-state index is -4.55. The van der Waals surface area contributed by atoms with E-state index in [0.29, 0.717) is 6.54 Å². The van der Waals surface area contributed by atoms with Crippen molar-refractivity contribution in [3.8, 4) is 5.69 Å². The number of tetrazole rings is 1. The van der Waals surface area contributed by atoms with Gasteiger partial charge in [-0.1, -0.05) is 24.6 Å².